The van der Waals surface area contributed by atoms with Crippen LogP contribution in [0.5, 0.6) is 0 Å². The zero-order valence-corrected chi connectivity index (χ0v) is 15.4. The molecule has 7 heteroatoms. The average molecular weight is 391 g/mol. The maximum absolute atomic E-state index is 12.9. The molecule has 1 aliphatic rings. The number of aryl methyl sites for hydroxylation is 1. The highest BCUT2D eigenvalue weighted by atomic mass is 35.5. The topological polar surface area (TPSA) is 49.4 Å². The molecule has 2 aromatic rings. The van der Waals surface area contributed by atoms with Crippen molar-refractivity contribution in [2.75, 3.05) is 4.90 Å². The molecule has 126 valence electrons. The number of nitrogens with zero attached hydrogens (tertiary/aromatic N) is 1. The number of thiocarbonyl (C=S) groups is 1. The standard InChI is InChI=1S/C18H12Cl2N2O2S/c1-10-5-2-3-8-15(10)22-17(24)12(16(23)21-18(22)25)9-11-13(19)6-4-7-14(11)20/h2-9H,1H3,(H,21,23,25)/b12-9-. The minimum atomic E-state index is -0.587. The van der Waals surface area contributed by atoms with Crippen molar-refractivity contribution in [2.45, 2.75) is 6.92 Å². The molecule has 1 aliphatic heterocycles. The number of hydrogen-bond donors (Lipinski definition) is 1. The Morgan fingerprint density at radius 2 is 1.68 bits per heavy atom. The molecule has 3 rings (SSSR count). The molecule has 25 heavy (non-hydrogen) atoms. The molecule has 1 saturated heterocycles. The number of amides is 2. The van der Waals surface area contributed by atoms with E-state index in [-0.39, 0.29) is 10.7 Å². The first-order valence-electron chi connectivity index (χ1n) is 7.31. The lowest BCUT2D eigenvalue weighted by molar-refractivity contribution is -0.122. The Bertz CT molecular complexity index is 920. The molecule has 0 radical (unpaired) electrons. The third-order valence-electron chi connectivity index (χ3n) is 3.75. The number of hydrogen-bond acceptors (Lipinski definition) is 3. The molecule has 0 bridgehead atoms. The number of carbonyl (C=O) groups is 2. The van der Waals surface area contributed by atoms with Gasteiger partial charge in [0.1, 0.15) is 5.57 Å². The van der Waals surface area contributed by atoms with Crippen molar-refractivity contribution in [1.29, 1.82) is 0 Å². The zero-order valence-electron chi connectivity index (χ0n) is 13.0. The molecule has 1 fully saturated rings. The Labute approximate surface area is 160 Å². The highest BCUT2D eigenvalue weighted by Gasteiger charge is 2.35. The van der Waals surface area contributed by atoms with E-state index in [0.29, 0.717) is 21.3 Å². The lowest BCUT2D eigenvalue weighted by Gasteiger charge is -2.30. The van der Waals surface area contributed by atoms with E-state index in [1.165, 1.54) is 11.0 Å². The monoisotopic (exact) mass is 390 g/mol. The van der Waals surface area contributed by atoms with Gasteiger partial charge in [-0.3, -0.25) is 19.8 Å². The lowest BCUT2D eigenvalue weighted by Crippen LogP contribution is -2.54. The summed E-state index contributed by atoms with van der Waals surface area (Å²) in [6, 6.07) is 12.2. The van der Waals surface area contributed by atoms with Crippen LogP contribution in [0.3, 0.4) is 0 Å². The molecule has 0 atom stereocenters. The van der Waals surface area contributed by atoms with Gasteiger partial charge in [-0.15, -0.1) is 0 Å². The van der Waals surface area contributed by atoms with Crippen LogP contribution in [0.2, 0.25) is 10.0 Å². The first kappa shape index (κ1) is 17.6. The highest BCUT2D eigenvalue weighted by molar-refractivity contribution is 7.80. The number of rotatable bonds is 2. The van der Waals surface area contributed by atoms with Crippen LogP contribution >= 0.6 is 35.4 Å². The summed E-state index contributed by atoms with van der Waals surface area (Å²) in [6.45, 7) is 1.86. The van der Waals surface area contributed by atoms with Crippen molar-refractivity contribution >= 4 is 64.1 Å². The van der Waals surface area contributed by atoms with Crippen LogP contribution in [0.4, 0.5) is 5.69 Å². The molecule has 0 aromatic heterocycles. The predicted molar refractivity (Wildman–Crippen MR) is 104 cm³/mol. The van der Waals surface area contributed by atoms with Gasteiger partial charge in [-0.1, -0.05) is 47.5 Å². The zero-order chi connectivity index (χ0) is 18.1. The van der Waals surface area contributed by atoms with Gasteiger partial charge in [0.15, 0.2) is 5.11 Å². The van der Waals surface area contributed by atoms with Gasteiger partial charge in [-0.2, -0.15) is 0 Å². The van der Waals surface area contributed by atoms with E-state index in [2.05, 4.69) is 5.32 Å². The minimum Gasteiger partial charge on any atom is -0.298 e. The summed E-state index contributed by atoms with van der Waals surface area (Å²) in [5.74, 6) is -1.12. The fourth-order valence-electron chi connectivity index (χ4n) is 2.48. The second kappa shape index (κ2) is 6.96. The third kappa shape index (κ3) is 3.31. The second-order valence-corrected chi connectivity index (χ2v) is 6.58. The van der Waals surface area contributed by atoms with Crippen molar-refractivity contribution in [3.05, 3.63) is 69.2 Å². The molecule has 0 aliphatic carbocycles. The van der Waals surface area contributed by atoms with Crippen LogP contribution in [0.25, 0.3) is 6.08 Å². The van der Waals surface area contributed by atoms with Gasteiger partial charge in [0, 0.05) is 15.6 Å². The fraction of sp³-hybridized carbons (Fsp3) is 0.0556. The molecule has 1 N–H and O–H groups in total. The van der Waals surface area contributed by atoms with E-state index >= 15 is 0 Å². The largest absolute Gasteiger partial charge is 0.298 e. The Kier molecular flexibility index (Phi) is 4.90. The van der Waals surface area contributed by atoms with Gasteiger partial charge in [0.2, 0.25) is 0 Å². The first-order chi connectivity index (χ1) is 11.9. The van der Waals surface area contributed by atoms with Crippen molar-refractivity contribution in [1.82, 2.24) is 5.32 Å². The van der Waals surface area contributed by atoms with Gasteiger partial charge in [-0.25, -0.2) is 0 Å². The van der Waals surface area contributed by atoms with E-state index in [1.807, 2.05) is 19.1 Å². The average Bonchev–Trinajstić information content (AvgIpc) is 2.55. The molecule has 2 aromatic carbocycles. The molecule has 0 spiro atoms. The lowest BCUT2D eigenvalue weighted by atomic mass is 10.1. The normalized spacial score (nSPS) is 16.4. The van der Waals surface area contributed by atoms with E-state index in [9.17, 15) is 9.59 Å². The Hall–Kier alpha value is -2.21. The SMILES string of the molecule is Cc1ccccc1N1C(=O)/C(=C\c2c(Cl)cccc2Cl)C(=O)NC1=S. The molecule has 2 amide bonds. The van der Waals surface area contributed by atoms with Gasteiger partial charge in [0.25, 0.3) is 11.8 Å². The summed E-state index contributed by atoms with van der Waals surface area (Å²) in [4.78, 5) is 26.5. The number of para-hydroxylation sites is 1. The summed E-state index contributed by atoms with van der Waals surface area (Å²) in [7, 11) is 0. The van der Waals surface area contributed by atoms with Gasteiger partial charge in [0.05, 0.1) is 5.69 Å². The minimum absolute atomic E-state index is 0.0340. The van der Waals surface area contributed by atoms with Gasteiger partial charge in [-0.05, 0) is 49.0 Å². The summed E-state index contributed by atoms with van der Waals surface area (Å²) in [5.41, 5.74) is 1.77. The van der Waals surface area contributed by atoms with Gasteiger partial charge < -0.3 is 0 Å². The van der Waals surface area contributed by atoms with Gasteiger partial charge >= 0.3 is 0 Å². The van der Waals surface area contributed by atoms with Crippen LogP contribution in [-0.2, 0) is 9.59 Å². The van der Waals surface area contributed by atoms with Crippen LogP contribution in [0, 0.1) is 6.92 Å². The van der Waals surface area contributed by atoms with Crippen LogP contribution in [-0.4, -0.2) is 16.9 Å². The summed E-state index contributed by atoms with van der Waals surface area (Å²) in [5, 5.41) is 3.26. The molecule has 4 nitrogen and oxygen atoms in total. The van der Waals surface area contributed by atoms with Crippen molar-refractivity contribution in [2.24, 2.45) is 0 Å². The number of nitrogens with one attached hydrogen (secondary N) is 1. The second-order valence-electron chi connectivity index (χ2n) is 5.38. The Morgan fingerprint density at radius 3 is 2.32 bits per heavy atom. The van der Waals surface area contributed by atoms with E-state index in [1.54, 1.807) is 30.3 Å². The molecule has 0 unspecified atom stereocenters. The quantitative estimate of drug-likeness (QED) is 0.476. The fourth-order valence-corrected chi connectivity index (χ4v) is 3.26. The third-order valence-corrected chi connectivity index (χ3v) is 4.69. The first-order valence-corrected chi connectivity index (χ1v) is 8.47. The van der Waals surface area contributed by atoms with Crippen LogP contribution in [0.1, 0.15) is 11.1 Å². The Balaban J connectivity index is 2.11. The summed E-state index contributed by atoms with van der Waals surface area (Å²) < 4.78 is 0. The summed E-state index contributed by atoms with van der Waals surface area (Å²) in [6.07, 6.45) is 1.38. The molecule has 1 heterocycles. The maximum atomic E-state index is 12.9. The number of halogens is 2. The number of benzene rings is 2. The summed E-state index contributed by atoms with van der Waals surface area (Å²) >= 11 is 17.5. The van der Waals surface area contributed by atoms with Crippen LogP contribution in [0.15, 0.2) is 48.0 Å². The van der Waals surface area contributed by atoms with E-state index < -0.39 is 11.8 Å². The highest BCUT2D eigenvalue weighted by Crippen LogP contribution is 2.29. The smallest absolute Gasteiger partial charge is 0.270 e. The number of anilines is 1. The van der Waals surface area contributed by atoms with E-state index in [4.69, 9.17) is 35.4 Å². The van der Waals surface area contributed by atoms with Crippen molar-refractivity contribution < 1.29 is 9.59 Å². The predicted octanol–water partition coefficient (Wildman–Crippen LogP) is 4.13. The Morgan fingerprint density at radius 1 is 1.04 bits per heavy atom. The van der Waals surface area contributed by atoms with Crippen LogP contribution < -0.4 is 10.2 Å². The molecule has 0 saturated carbocycles. The number of carbonyl (C=O) groups excluding carboxylic acids is 2. The van der Waals surface area contributed by atoms with E-state index in [0.717, 1.165) is 5.56 Å². The molecular formula is C18H12Cl2N2O2S. The molecular weight excluding hydrogens is 379 g/mol. The van der Waals surface area contributed by atoms with Crippen molar-refractivity contribution in [3.63, 3.8) is 0 Å². The maximum Gasteiger partial charge on any atom is 0.270 e. The van der Waals surface area contributed by atoms with Crippen molar-refractivity contribution in [3.8, 4) is 0 Å².